The van der Waals surface area contributed by atoms with E-state index in [1.807, 2.05) is 6.92 Å². The molecule has 1 aliphatic heterocycles. The van der Waals surface area contributed by atoms with Crippen molar-refractivity contribution in [3.8, 4) is 0 Å². The van der Waals surface area contributed by atoms with Crippen LogP contribution >= 0.6 is 0 Å². The molecule has 0 saturated carbocycles. The number of carbonyl (C=O) groups is 2. The Bertz CT molecular complexity index is 635. The van der Waals surface area contributed by atoms with Crippen LogP contribution in [0.4, 0.5) is 0 Å². The third-order valence-electron chi connectivity index (χ3n) is 4.11. The molecule has 114 valence electrons. The Morgan fingerprint density at radius 2 is 1.95 bits per heavy atom. The minimum Gasteiger partial charge on any atom is -0.480 e. The number of piperidine rings is 1. The first-order valence-corrected chi connectivity index (χ1v) is 7.02. The number of hydrogen-bond donors (Lipinski definition) is 1. The SMILES string of the molecule is Cc1cc(C(=O)N2CC(C)CCC2C(=O)O)cc(=O)n1C. The van der Waals surface area contributed by atoms with Gasteiger partial charge in [-0.1, -0.05) is 6.92 Å². The molecule has 6 nitrogen and oxygen atoms in total. The Balaban J connectivity index is 2.37. The summed E-state index contributed by atoms with van der Waals surface area (Å²) >= 11 is 0. The lowest BCUT2D eigenvalue weighted by Crippen LogP contribution is -2.50. The van der Waals surface area contributed by atoms with Gasteiger partial charge in [0, 0.05) is 30.9 Å². The number of aliphatic carboxylic acids is 1. The molecule has 1 N–H and O–H groups in total. The lowest BCUT2D eigenvalue weighted by atomic mass is 9.93. The van der Waals surface area contributed by atoms with Crippen molar-refractivity contribution in [1.82, 2.24) is 9.47 Å². The van der Waals surface area contributed by atoms with E-state index in [2.05, 4.69) is 0 Å². The molecular weight excluding hydrogens is 272 g/mol. The summed E-state index contributed by atoms with van der Waals surface area (Å²) in [7, 11) is 1.63. The van der Waals surface area contributed by atoms with Gasteiger partial charge in [-0.3, -0.25) is 9.59 Å². The molecule has 1 aromatic rings. The number of carboxylic acid groups (broad SMARTS) is 1. The minimum atomic E-state index is -0.990. The van der Waals surface area contributed by atoms with Crippen molar-refractivity contribution in [1.29, 1.82) is 0 Å². The van der Waals surface area contributed by atoms with Crippen LogP contribution in [0.1, 0.15) is 35.8 Å². The number of pyridine rings is 1. The van der Waals surface area contributed by atoms with E-state index in [4.69, 9.17) is 0 Å². The molecule has 1 amide bonds. The zero-order chi connectivity index (χ0) is 15.7. The molecule has 0 aliphatic carbocycles. The lowest BCUT2D eigenvalue weighted by Gasteiger charge is -2.36. The second kappa shape index (κ2) is 5.71. The lowest BCUT2D eigenvalue weighted by molar-refractivity contribution is -0.143. The molecule has 0 bridgehead atoms. The largest absolute Gasteiger partial charge is 0.480 e. The van der Waals surface area contributed by atoms with Crippen molar-refractivity contribution < 1.29 is 14.7 Å². The van der Waals surface area contributed by atoms with Crippen molar-refractivity contribution in [2.45, 2.75) is 32.7 Å². The van der Waals surface area contributed by atoms with E-state index < -0.39 is 12.0 Å². The van der Waals surface area contributed by atoms with Gasteiger partial charge in [0.15, 0.2) is 0 Å². The molecule has 2 atom stereocenters. The van der Waals surface area contributed by atoms with E-state index in [1.165, 1.54) is 15.5 Å². The molecule has 1 aliphatic rings. The second-order valence-corrected chi connectivity index (χ2v) is 5.78. The average Bonchev–Trinajstić information content (AvgIpc) is 2.42. The van der Waals surface area contributed by atoms with Gasteiger partial charge in [0.2, 0.25) is 0 Å². The van der Waals surface area contributed by atoms with Gasteiger partial charge >= 0.3 is 5.97 Å². The molecule has 0 radical (unpaired) electrons. The molecule has 6 heteroatoms. The molecule has 0 aromatic carbocycles. The summed E-state index contributed by atoms with van der Waals surface area (Å²) in [6, 6.07) is 2.09. The van der Waals surface area contributed by atoms with Gasteiger partial charge in [-0.15, -0.1) is 0 Å². The zero-order valence-corrected chi connectivity index (χ0v) is 12.5. The molecule has 1 saturated heterocycles. The highest BCUT2D eigenvalue weighted by Gasteiger charge is 2.35. The Morgan fingerprint density at radius 3 is 2.52 bits per heavy atom. The van der Waals surface area contributed by atoms with Crippen LogP contribution < -0.4 is 5.56 Å². The standard InChI is InChI=1S/C15H20N2O4/c1-9-4-5-12(15(20)21)17(8-9)14(19)11-6-10(2)16(3)13(18)7-11/h6-7,9,12H,4-5,8H2,1-3H3,(H,20,21). The molecule has 2 rings (SSSR count). The molecule has 2 heterocycles. The molecule has 2 unspecified atom stereocenters. The number of carboxylic acids is 1. The van der Waals surface area contributed by atoms with E-state index >= 15 is 0 Å². The number of aromatic nitrogens is 1. The van der Waals surface area contributed by atoms with Crippen LogP contribution in [0, 0.1) is 12.8 Å². The monoisotopic (exact) mass is 292 g/mol. The van der Waals surface area contributed by atoms with Crippen LogP contribution in [0.15, 0.2) is 16.9 Å². The number of aryl methyl sites for hydroxylation is 1. The van der Waals surface area contributed by atoms with E-state index in [0.29, 0.717) is 18.7 Å². The quantitative estimate of drug-likeness (QED) is 0.882. The molecular formula is C15H20N2O4. The van der Waals surface area contributed by atoms with E-state index in [0.717, 1.165) is 6.42 Å². The molecule has 1 aromatic heterocycles. The smallest absolute Gasteiger partial charge is 0.326 e. The van der Waals surface area contributed by atoms with E-state index in [-0.39, 0.29) is 22.9 Å². The highest BCUT2D eigenvalue weighted by Crippen LogP contribution is 2.23. The number of carbonyl (C=O) groups excluding carboxylic acids is 1. The summed E-state index contributed by atoms with van der Waals surface area (Å²) in [5.41, 5.74) is 0.661. The van der Waals surface area contributed by atoms with E-state index in [1.54, 1.807) is 20.0 Å². The van der Waals surface area contributed by atoms with Crippen LogP contribution in [0.3, 0.4) is 0 Å². The van der Waals surface area contributed by atoms with Crippen molar-refractivity contribution in [2.24, 2.45) is 13.0 Å². The van der Waals surface area contributed by atoms with Gasteiger partial charge in [-0.25, -0.2) is 4.79 Å². The minimum absolute atomic E-state index is 0.260. The maximum absolute atomic E-state index is 12.6. The zero-order valence-electron chi connectivity index (χ0n) is 12.5. The maximum atomic E-state index is 12.6. The first-order chi connectivity index (χ1) is 9.81. The fourth-order valence-electron chi connectivity index (χ4n) is 2.69. The number of amides is 1. The summed E-state index contributed by atoms with van der Waals surface area (Å²) in [5.74, 6) is -1.11. The fourth-order valence-corrected chi connectivity index (χ4v) is 2.69. The van der Waals surface area contributed by atoms with Crippen molar-refractivity contribution >= 4 is 11.9 Å². The second-order valence-electron chi connectivity index (χ2n) is 5.78. The number of nitrogens with zero attached hydrogens (tertiary/aromatic N) is 2. The van der Waals surface area contributed by atoms with Gasteiger partial charge < -0.3 is 14.6 Å². The van der Waals surface area contributed by atoms with Crippen LogP contribution in [0.5, 0.6) is 0 Å². The summed E-state index contributed by atoms with van der Waals surface area (Å²) in [6.07, 6.45) is 1.24. The van der Waals surface area contributed by atoms with Crippen LogP contribution in [-0.4, -0.2) is 39.0 Å². The van der Waals surface area contributed by atoms with Crippen LogP contribution in [0.25, 0.3) is 0 Å². The fraction of sp³-hybridized carbons (Fsp3) is 0.533. The summed E-state index contributed by atoms with van der Waals surface area (Å²) in [4.78, 5) is 37.1. The Morgan fingerprint density at radius 1 is 1.29 bits per heavy atom. The van der Waals surface area contributed by atoms with Gasteiger partial charge in [-0.05, 0) is 31.7 Å². The number of likely N-dealkylation sites (tertiary alicyclic amines) is 1. The maximum Gasteiger partial charge on any atom is 0.326 e. The van der Waals surface area contributed by atoms with Crippen LogP contribution in [0.2, 0.25) is 0 Å². The molecule has 1 fully saturated rings. The Hall–Kier alpha value is -2.11. The Kier molecular flexibility index (Phi) is 4.16. The average molecular weight is 292 g/mol. The highest BCUT2D eigenvalue weighted by atomic mass is 16.4. The van der Waals surface area contributed by atoms with Gasteiger partial charge in [0.05, 0.1) is 0 Å². The van der Waals surface area contributed by atoms with Crippen molar-refractivity contribution in [3.05, 3.63) is 33.7 Å². The van der Waals surface area contributed by atoms with Crippen molar-refractivity contribution in [3.63, 3.8) is 0 Å². The third kappa shape index (κ3) is 2.99. The normalized spacial score (nSPS) is 22.1. The Labute approximate surface area is 123 Å². The van der Waals surface area contributed by atoms with Crippen LogP contribution in [-0.2, 0) is 11.8 Å². The molecule has 21 heavy (non-hydrogen) atoms. The van der Waals surface area contributed by atoms with Gasteiger partial charge in [-0.2, -0.15) is 0 Å². The number of hydrogen-bond acceptors (Lipinski definition) is 3. The first kappa shape index (κ1) is 15.3. The van der Waals surface area contributed by atoms with Gasteiger partial charge in [0.1, 0.15) is 6.04 Å². The molecule has 0 spiro atoms. The topological polar surface area (TPSA) is 79.6 Å². The summed E-state index contributed by atoms with van der Waals surface area (Å²) < 4.78 is 1.45. The predicted molar refractivity (Wildman–Crippen MR) is 77.3 cm³/mol. The van der Waals surface area contributed by atoms with Gasteiger partial charge in [0.25, 0.3) is 11.5 Å². The first-order valence-electron chi connectivity index (χ1n) is 7.02. The third-order valence-corrected chi connectivity index (χ3v) is 4.11. The summed E-state index contributed by atoms with van der Waals surface area (Å²) in [6.45, 7) is 4.14. The van der Waals surface area contributed by atoms with Crippen molar-refractivity contribution in [2.75, 3.05) is 6.54 Å². The summed E-state index contributed by atoms with van der Waals surface area (Å²) in [5, 5.41) is 9.28. The number of rotatable bonds is 2. The predicted octanol–water partition coefficient (Wildman–Crippen LogP) is 1.02. The van der Waals surface area contributed by atoms with E-state index in [9.17, 15) is 19.5 Å². The highest BCUT2D eigenvalue weighted by molar-refractivity contribution is 5.96.